The number of hydrogen-bond donors (Lipinski definition) is 7. The highest BCUT2D eigenvalue weighted by Crippen LogP contribution is 2.21. The van der Waals surface area contributed by atoms with Crippen LogP contribution in [0.25, 0.3) is 0 Å². The fraction of sp³-hybridized carbons (Fsp3) is 0.188. The Morgan fingerprint density at radius 2 is 1.06 bits per heavy atom. The molecule has 5 heterocycles. The third-order valence-corrected chi connectivity index (χ3v) is 7.79. The number of aromatic nitrogens is 6. The molecule has 17 nitrogen and oxygen atoms in total. The molecule has 0 spiro atoms. The summed E-state index contributed by atoms with van der Waals surface area (Å²) in [6.07, 6.45) is 9.70. The highest BCUT2D eigenvalue weighted by Gasteiger charge is 2.20. The third kappa shape index (κ3) is 9.17. The van der Waals surface area contributed by atoms with Gasteiger partial charge in [0.05, 0.1) is 27.2 Å². The van der Waals surface area contributed by atoms with Crippen molar-refractivity contribution in [3.8, 4) is 0 Å². The number of aryl methyl sites for hydroxylation is 4. The third-order valence-electron chi connectivity index (χ3n) is 7.43. The van der Waals surface area contributed by atoms with Crippen molar-refractivity contribution in [2.45, 2.75) is 0 Å². The highest BCUT2D eigenvalue weighted by atomic mass is 79.9. The number of H-pyrrole nitrogens is 1. The van der Waals surface area contributed by atoms with Crippen LogP contribution in [0.15, 0.2) is 72.5 Å². The van der Waals surface area contributed by atoms with E-state index < -0.39 is 23.6 Å². The molecule has 0 atom stereocenters. The molecule has 0 aliphatic rings. The summed E-state index contributed by atoms with van der Waals surface area (Å²) in [5.41, 5.74) is 2.71. The molecule has 51 heavy (non-hydrogen) atoms. The Kier molecular flexibility index (Phi) is 12.0. The first-order valence-corrected chi connectivity index (χ1v) is 15.8. The van der Waals surface area contributed by atoms with Crippen LogP contribution < -0.4 is 31.9 Å². The Bertz CT molecular complexity index is 2110. The number of imidazole rings is 1. The maximum Gasteiger partial charge on any atom is 0.272 e. The van der Waals surface area contributed by atoms with Gasteiger partial charge in [0.2, 0.25) is 0 Å². The van der Waals surface area contributed by atoms with Crippen LogP contribution in [0.5, 0.6) is 0 Å². The number of anilines is 5. The largest absolute Gasteiger partial charge is 0.354 e. The monoisotopic (exact) mass is 782 g/mol. The summed E-state index contributed by atoms with van der Waals surface area (Å²) in [6, 6.07) is 6.13. The number of rotatable bonds is 13. The number of carbonyl (C=O) groups is 5. The number of carbonyl (C=O) groups excluding carboxylic acids is 5. The Hall–Kier alpha value is -6.01. The molecule has 0 aromatic carbocycles. The van der Waals surface area contributed by atoms with Gasteiger partial charge < -0.3 is 55.2 Å². The van der Waals surface area contributed by atoms with E-state index in [0.29, 0.717) is 47.5 Å². The van der Waals surface area contributed by atoms with Gasteiger partial charge in [-0.15, -0.1) is 12.4 Å². The van der Waals surface area contributed by atoms with Gasteiger partial charge in [-0.3, -0.25) is 24.0 Å². The van der Waals surface area contributed by atoms with Crippen LogP contribution in [0.4, 0.5) is 28.7 Å². The Morgan fingerprint density at radius 3 is 1.43 bits per heavy atom. The first-order chi connectivity index (χ1) is 23.8. The maximum absolute atomic E-state index is 13.2. The van der Waals surface area contributed by atoms with Crippen molar-refractivity contribution in [3.63, 3.8) is 0 Å². The molecule has 5 rings (SSSR count). The van der Waals surface area contributed by atoms with Crippen LogP contribution >= 0.6 is 28.3 Å². The van der Waals surface area contributed by atoms with E-state index in [1.807, 2.05) is 0 Å². The summed E-state index contributed by atoms with van der Waals surface area (Å²) < 4.78 is 6.43. The minimum Gasteiger partial charge on any atom is -0.354 e. The smallest absolute Gasteiger partial charge is 0.272 e. The van der Waals surface area contributed by atoms with Gasteiger partial charge in [0, 0.05) is 78.5 Å². The Balaban J connectivity index is 0.00000583. The van der Waals surface area contributed by atoms with Gasteiger partial charge in [0.25, 0.3) is 29.5 Å². The van der Waals surface area contributed by atoms with E-state index in [2.05, 4.69) is 64.4 Å². The summed E-state index contributed by atoms with van der Waals surface area (Å²) in [5.74, 6) is -1.51. The quantitative estimate of drug-likeness (QED) is 0.0697. The van der Waals surface area contributed by atoms with Crippen molar-refractivity contribution in [2.24, 2.45) is 28.2 Å². The first-order valence-electron chi connectivity index (χ1n) is 15.1. The van der Waals surface area contributed by atoms with E-state index in [0.717, 1.165) is 0 Å². The average Bonchev–Trinajstić information content (AvgIpc) is 3.88. The Labute approximate surface area is 306 Å². The molecule has 0 saturated carbocycles. The van der Waals surface area contributed by atoms with Gasteiger partial charge in [-0.2, -0.15) is 0 Å². The van der Waals surface area contributed by atoms with E-state index >= 15 is 0 Å². The highest BCUT2D eigenvalue weighted by molar-refractivity contribution is 9.12. The minimum atomic E-state index is -0.470. The second-order valence-corrected chi connectivity index (χ2v) is 12.2. The molecule has 0 radical (unpaired) electrons. The first kappa shape index (κ1) is 37.8. The molecule has 0 bridgehead atoms. The van der Waals surface area contributed by atoms with Crippen molar-refractivity contribution in [1.29, 1.82) is 0 Å². The summed E-state index contributed by atoms with van der Waals surface area (Å²) in [4.78, 5) is 70.9. The summed E-state index contributed by atoms with van der Waals surface area (Å²) in [7, 11) is 6.68. The predicted octanol–water partition coefficient (Wildman–Crippen LogP) is 3.63. The molecule has 19 heteroatoms. The van der Waals surface area contributed by atoms with Crippen molar-refractivity contribution < 1.29 is 24.0 Å². The van der Waals surface area contributed by atoms with Crippen molar-refractivity contribution >= 4 is 86.6 Å². The van der Waals surface area contributed by atoms with Crippen LogP contribution in [-0.4, -0.2) is 70.9 Å². The lowest BCUT2D eigenvalue weighted by Gasteiger charge is -2.06. The van der Waals surface area contributed by atoms with Crippen LogP contribution in [0.2, 0.25) is 0 Å². The molecule has 0 aliphatic carbocycles. The van der Waals surface area contributed by atoms with Crippen molar-refractivity contribution in [1.82, 2.24) is 33.6 Å². The number of amides is 5. The zero-order valence-corrected chi connectivity index (χ0v) is 30.4. The number of nitrogens with zero attached hydrogens (tertiary/aromatic N) is 5. The Morgan fingerprint density at radius 1 is 0.667 bits per heavy atom. The van der Waals surface area contributed by atoms with Crippen LogP contribution in [0.3, 0.4) is 0 Å². The van der Waals surface area contributed by atoms with Crippen LogP contribution in [0.1, 0.15) is 42.0 Å². The average molecular weight is 784 g/mol. The zero-order chi connectivity index (χ0) is 36.1. The second-order valence-electron chi connectivity index (χ2n) is 11.2. The molecular formula is C32H36BrClN12O5. The molecule has 0 aliphatic heterocycles. The number of halogens is 2. The topological polar surface area (TPSA) is 206 Å². The van der Waals surface area contributed by atoms with Gasteiger partial charge in [0.15, 0.2) is 5.95 Å². The summed E-state index contributed by atoms with van der Waals surface area (Å²) in [6.45, 7) is 4.35. The molecule has 268 valence electrons. The van der Waals surface area contributed by atoms with E-state index in [-0.39, 0.29) is 39.9 Å². The van der Waals surface area contributed by atoms with E-state index in [1.165, 1.54) is 18.2 Å². The maximum atomic E-state index is 13.2. The summed E-state index contributed by atoms with van der Waals surface area (Å²) in [5, 5.41) is 16.8. The van der Waals surface area contributed by atoms with E-state index in [9.17, 15) is 24.0 Å². The molecule has 5 aromatic heterocycles. The van der Waals surface area contributed by atoms with Gasteiger partial charge >= 0.3 is 0 Å². The zero-order valence-electron chi connectivity index (χ0n) is 28.0. The standard InChI is InChI=1S/C32H35BrN12O5.ClH/c1-18(33)27(46)38-19-11-24(43(3)14-19)29(48)40-21-13-26(45(5)16-21)31(50)41-22-12-25(44(4)17-22)30(49)39-20-10-23(42(2)15-20)28(47)34-6-7-35-32-36-8-9-37-32;/h8-17H,1,6-7H2,2-5H3,(H,34,47)(H,38,46)(H,39,49)(H,40,48)(H,41,50)(H2,35,36,37);1H. The normalized spacial score (nSPS) is 10.5. The SMILES string of the molecule is C=C(Br)C(=O)Nc1cc(C(=O)Nc2cc(C(=O)Nc3cc(C(=O)Nc4cc(C(=O)NCCNc5ncc[nH]5)n(C)c4)n(C)c3)n(C)c2)n(C)c1.Cl. The fourth-order valence-electron chi connectivity index (χ4n) is 5.03. The van der Waals surface area contributed by atoms with Crippen molar-refractivity contribution in [2.75, 3.05) is 39.7 Å². The fourth-order valence-corrected chi connectivity index (χ4v) is 5.13. The lowest BCUT2D eigenvalue weighted by atomic mass is 10.3. The lowest BCUT2D eigenvalue weighted by molar-refractivity contribution is -0.112. The summed E-state index contributed by atoms with van der Waals surface area (Å²) >= 11 is 3.02. The predicted molar refractivity (Wildman–Crippen MR) is 199 cm³/mol. The molecule has 0 unspecified atom stereocenters. The minimum absolute atomic E-state index is 0. The molecular weight excluding hydrogens is 748 g/mol. The van der Waals surface area contributed by atoms with Crippen LogP contribution in [-0.2, 0) is 33.0 Å². The number of hydrogen-bond acceptors (Lipinski definition) is 7. The van der Waals surface area contributed by atoms with E-state index in [1.54, 1.807) is 89.7 Å². The van der Waals surface area contributed by atoms with E-state index in [4.69, 9.17) is 0 Å². The van der Waals surface area contributed by atoms with Crippen molar-refractivity contribution in [3.05, 3.63) is 95.3 Å². The van der Waals surface area contributed by atoms with Gasteiger partial charge in [0.1, 0.15) is 22.8 Å². The second kappa shape index (κ2) is 16.1. The molecule has 7 N–H and O–H groups in total. The molecule has 0 saturated heterocycles. The van der Waals surface area contributed by atoms with Gasteiger partial charge in [-0.1, -0.05) is 6.58 Å². The molecule has 5 amide bonds. The van der Waals surface area contributed by atoms with Gasteiger partial charge in [-0.05, 0) is 40.2 Å². The van der Waals surface area contributed by atoms with Crippen LogP contribution in [0, 0.1) is 0 Å². The number of nitrogens with one attached hydrogen (secondary N) is 7. The molecule has 5 aromatic rings. The number of aromatic amines is 1. The molecule has 0 fully saturated rings. The lowest BCUT2D eigenvalue weighted by Crippen LogP contribution is -2.30. The van der Waals surface area contributed by atoms with Gasteiger partial charge in [-0.25, -0.2) is 4.98 Å².